The highest BCUT2D eigenvalue weighted by Crippen LogP contribution is 1.62. The van der Waals surface area contributed by atoms with Gasteiger partial charge in [-0.15, -0.1) is 0 Å². The number of hydroxylamine groups is 1. The van der Waals surface area contributed by atoms with Crippen LogP contribution in [0, 0.1) is 5.41 Å². The largest absolute Gasteiger partial charge is 0.309 e. The monoisotopic (exact) mass is 102 g/mol. The molecule has 0 fully saturated rings. The summed E-state index contributed by atoms with van der Waals surface area (Å²) in [5, 5.41) is 6.86. The Morgan fingerprint density at radius 3 is 2.57 bits per heavy atom. The van der Waals surface area contributed by atoms with Gasteiger partial charge in [0, 0.05) is 5.71 Å². The second-order valence-corrected chi connectivity index (χ2v) is 1.31. The average Bonchev–Trinajstić information content (AvgIpc) is 1.61. The van der Waals surface area contributed by atoms with Gasteiger partial charge in [-0.05, 0) is 6.92 Å². The second kappa shape index (κ2) is 3.77. The Hall–Kier alpha value is -0.410. The van der Waals surface area contributed by atoms with E-state index in [9.17, 15) is 0 Å². The van der Waals surface area contributed by atoms with Crippen LogP contribution < -0.4 is 5.48 Å². The third kappa shape index (κ3) is 5.59. The van der Waals surface area contributed by atoms with Crippen LogP contribution >= 0.6 is 0 Å². The number of hydrogen-bond acceptors (Lipinski definition) is 3. The summed E-state index contributed by atoms with van der Waals surface area (Å²) in [5.41, 5.74) is 3.09. The van der Waals surface area contributed by atoms with E-state index >= 15 is 0 Å². The smallest absolute Gasteiger partial charge is 0.0584 e. The molecule has 0 aliphatic carbocycles. The summed E-state index contributed by atoms with van der Waals surface area (Å²) in [6.07, 6.45) is 0. The minimum atomic E-state index is 0.510. The maximum Gasteiger partial charge on any atom is 0.0584 e. The second-order valence-electron chi connectivity index (χ2n) is 1.31. The zero-order valence-corrected chi connectivity index (χ0v) is 4.62. The highest BCUT2D eigenvalue weighted by molar-refractivity contribution is 5.80. The van der Waals surface area contributed by atoms with Crippen molar-refractivity contribution in [3.63, 3.8) is 0 Å². The summed E-state index contributed by atoms with van der Waals surface area (Å²) in [4.78, 5) is 4.46. The van der Waals surface area contributed by atoms with E-state index in [1.54, 1.807) is 6.92 Å². The van der Waals surface area contributed by atoms with Crippen molar-refractivity contribution in [1.29, 1.82) is 5.41 Å². The Kier molecular flexibility index (Phi) is 3.55. The van der Waals surface area contributed by atoms with Gasteiger partial charge in [-0.2, -0.15) is 5.48 Å². The van der Waals surface area contributed by atoms with Crippen molar-refractivity contribution in [2.24, 2.45) is 0 Å². The van der Waals surface area contributed by atoms with E-state index in [1.165, 1.54) is 7.11 Å². The summed E-state index contributed by atoms with van der Waals surface area (Å²) in [6.45, 7) is 2.22. The summed E-state index contributed by atoms with van der Waals surface area (Å²) < 4.78 is 0. The molecule has 42 valence electrons. The molecule has 0 radical (unpaired) electrons. The normalized spacial score (nSPS) is 8.86. The van der Waals surface area contributed by atoms with E-state index in [2.05, 4.69) is 10.3 Å². The minimum Gasteiger partial charge on any atom is -0.309 e. The molecule has 3 nitrogen and oxygen atoms in total. The van der Waals surface area contributed by atoms with Gasteiger partial charge in [0.15, 0.2) is 0 Å². The van der Waals surface area contributed by atoms with E-state index in [4.69, 9.17) is 5.41 Å². The SMILES string of the molecule is CONCC(C)=N. The van der Waals surface area contributed by atoms with Gasteiger partial charge in [0.2, 0.25) is 0 Å². The van der Waals surface area contributed by atoms with Crippen LogP contribution in [0.25, 0.3) is 0 Å². The molecule has 3 heteroatoms. The lowest BCUT2D eigenvalue weighted by atomic mass is 10.4. The maximum atomic E-state index is 6.86. The summed E-state index contributed by atoms with van der Waals surface area (Å²) in [7, 11) is 1.53. The van der Waals surface area contributed by atoms with Crippen LogP contribution in [0.4, 0.5) is 0 Å². The van der Waals surface area contributed by atoms with E-state index in [-0.39, 0.29) is 0 Å². The molecular weight excluding hydrogens is 92.1 g/mol. The third-order valence-corrected chi connectivity index (χ3v) is 0.482. The Bertz CT molecular complexity index is 62.7. The Balaban J connectivity index is 2.82. The number of rotatable bonds is 3. The molecule has 0 aromatic carbocycles. The molecule has 0 spiro atoms. The van der Waals surface area contributed by atoms with E-state index in [0.717, 1.165) is 0 Å². The molecule has 2 N–H and O–H groups in total. The Morgan fingerprint density at radius 1 is 1.86 bits per heavy atom. The lowest BCUT2D eigenvalue weighted by Gasteiger charge is -1.95. The predicted molar refractivity (Wildman–Crippen MR) is 28.4 cm³/mol. The van der Waals surface area contributed by atoms with Gasteiger partial charge >= 0.3 is 0 Å². The highest BCUT2D eigenvalue weighted by Gasteiger charge is 1.81. The van der Waals surface area contributed by atoms with Crippen LogP contribution in [0.5, 0.6) is 0 Å². The molecule has 0 saturated carbocycles. The predicted octanol–water partition coefficient (Wildman–Crippen LogP) is 0.177. The fourth-order valence-corrected chi connectivity index (χ4v) is 0.180. The van der Waals surface area contributed by atoms with Gasteiger partial charge in [-0.3, -0.25) is 0 Å². The molecule has 0 aliphatic heterocycles. The third-order valence-electron chi connectivity index (χ3n) is 0.482. The lowest BCUT2D eigenvalue weighted by Crippen LogP contribution is -2.18. The Labute approximate surface area is 43.1 Å². The van der Waals surface area contributed by atoms with Crippen molar-refractivity contribution >= 4 is 5.71 Å². The van der Waals surface area contributed by atoms with Crippen molar-refractivity contribution in [2.45, 2.75) is 6.92 Å². The molecule has 0 amide bonds. The zero-order valence-electron chi connectivity index (χ0n) is 4.62. The average molecular weight is 102 g/mol. The first-order valence-corrected chi connectivity index (χ1v) is 2.07. The quantitative estimate of drug-likeness (QED) is 0.394. The molecule has 0 atom stereocenters. The van der Waals surface area contributed by atoms with Crippen LogP contribution in [-0.4, -0.2) is 19.4 Å². The highest BCUT2D eigenvalue weighted by atomic mass is 16.6. The molecule has 0 aromatic heterocycles. The van der Waals surface area contributed by atoms with Crippen LogP contribution in [0.3, 0.4) is 0 Å². The van der Waals surface area contributed by atoms with Crippen LogP contribution in [0.2, 0.25) is 0 Å². The topological polar surface area (TPSA) is 45.1 Å². The molecule has 0 aromatic rings. The summed E-state index contributed by atoms with van der Waals surface area (Å²) in [5.74, 6) is 0. The first-order chi connectivity index (χ1) is 3.27. The standard InChI is InChI=1S/C4H10N2O/c1-4(5)3-6-7-2/h5-6H,3H2,1-2H3. The molecule has 0 aliphatic rings. The van der Waals surface area contributed by atoms with Gasteiger partial charge < -0.3 is 10.2 Å². The molecule has 7 heavy (non-hydrogen) atoms. The fraction of sp³-hybridized carbons (Fsp3) is 0.750. The van der Waals surface area contributed by atoms with Crippen molar-refractivity contribution in [1.82, 2.24) is 5.48 Å². The molecule has 0 heterocycles. The minimum absolute atomic E-state index is 0.510. The van der Waals surface area contributed by atoms with Gasteiger partial charge in [-0.1, -0.05) is 0 Å². The van der Waals surface area contributed by atoms with Gasteiger partial charge in [0.05, 0.1) is 13.7 Å². The van der Waals surface area contributed by atoms with Crippen molar-refractivity contribution in [3.8, 4) is 0 Å². The summed E-state index contributed by atoms with van der Waals surface area (Å²) >= 11 is 0. The first-order valence-electron chi connectivity index (χ1n) is 2.07. The van der Waals surface area contributed by atoms with E-state index in [0.29, 0.717) is 12.3 Å². The van der Waals surface area contributed by atoms with Gasteiger partial charge in [0.1, 0.15) is 0 Å². The van der Waals surface area contributed by atoms with Crippen molar-refractivity contribution in [2.75, 3.05) is 13.7 Å². The molecule has 0 rings (SSSR count). The first kappa shape index (κ1) is 6.59. The van der Waals surface area contributed by atoms with E-state index in [1.807, 2.05) is 0 Å². The van der Waals surface area contributed by atoms with Crippen molar-refractivity contribution in [3.05, 3.63) is 0 Å². The molecule has 0 bridgehead atoms. The van der Waals surface area contributed by atoms with Gasteiger partial charge in [0.25, 0.3) is 0 Å². The molecule has 0 saturated heterocycles. The number of nitrogens with one attached hydrogen (secondary N) is 2. The van der Waals surface area contributed by atoms with Crippen LogP contribution in [-0.2, 0) is 4.84 Å². The van der Waals surface area contributed by atoms with Crippen LogP contribution in [0.15, 0.2) is 0 Å². The van der Waals surface area contributed by atoms with Gasteiger partial charge in [-0.25, -0.2) is 0 Å². The number of hydrogen-bond donors (Lipinski definition) is 2. The van der Waals surface area contributed by atoms with E-state index < -0.39 is 0 Å². The Morgan fingerprint density at radius 2 is 2.43 bits per heavy atom. The summed E-state index contributed by atoms with van der Waals surface area (Å²) in [6, 6.07) is 0. The zero-order chi connectivity index (χ0) is 5.70. The molecular formula is C4H10N2O. The lowest BCUT2D eigenvalue weighted by molar-refractivity contribution is 0.104. The fourth-order valence-electron chi connectivity index (χ4n) is 0.180. The van der Waals surface area contributed by atoms with Crippen molar-refractivity contribution < 1.29 is 4.84 Å². The van der Waals surface area contributed by atoms with Crippen LogP contribution in [0.1, 0.15) is 6.92 Å². The molecule has 0 unspecified atom stereocenters. The maximum absolute atomic E-state index is 6.86.